The molecule has 1 nitrogen and oxygen atoms in total. The summed E-state index contributed by atoms with van der Waals surface area (Å²) in [6, 6.07) is 10.1. The Hall–Kier alpha value is -1.15. The number of ketones is 1. The molecule has 0 amide bonds. The van der Waals surface area contributed by atoms with Gasteiger partial charge in [-0.1, -0.05) is 32.0 Å². The fraction of sp³-hybridized carbons (Fsp3) is 0.308. The van der Waals surface area contributed by atoms with Crippen molar-refractivity contribution in [3.8, 4) is 0 Å². The molecule has 2 rings (SSSR count). The molecule has 1 unspecified atom stereocenters. The van der Waals surface area contributed by atoms with Crippen LogP contribution in [-0.2, 0) is 0 Å². The summed E-state index contributed by atoms with van der Waals surface area (Å²) in [4.78, 5) is 12.8. The molecule has 0 aliphatic carbocycles. The number of Topliss-reactive ketones (excluding diaryl/α,β-unsaturated/α-hetero) is 1. The Labute approximate surface area is 93.7 Å². The molecule has 0 saturated heterocycles. The molecule has 0 N–H and O–H groups in total. The van der Waals surface area contributed by atoms with Crippen LogP contribution < -0.4 is 0 Å². The fourth-order valence-electron chi connectivity index (χ4n) is 1.53. The van der Waals surface area contributed by atoms with Crippen molar-refractivity contribution in [3.63, 3.8) is 0 Å². The molecule has 1 atom stereocenters. The largest absolute Gasteiger partial charge is 0.293 e. The Morgan fingerprint density at radius 2 is 2.13 bits per heavy atom. The summed E-state index contributed by atoms with van der Waals surface area (Å²) in [5.74, 6) is 0.414. The van der Waals surface area contributed by atoms with Crippen molar-refractivity contribution in [1.29, 1.82) is 0 Å². The summed E-state index contributed by atoms with van der Waals surface area (Å²) in [6.45, 7) is 4.04. The summed E-state index contributed by atoms with van der Waals surface area (Å²) in [5.41, 5.74) is 0. The van der Waals surface area contributed by atoms with Gasteiger partial charge >= 0.3 is 0 Å². The van der Waals surface area contributed by atoms with E-state index in [4.69, 9.17) is 0 Å². The number of carbonyl (C=O) groups is 1. The van der Waals surface area contributed by atoms with Gasteiger partial charge in [0.25, 0.3) is 0 Å². The van der Waals surface area contributed by atoms with E-state index in [0.717, 1.165) is 11.3 Å². The lowest BCUT2D eigenvalue weighted by molar-refractivity contribution is 0.0931. The summed E-state index contributed by atoms with van der Waals surface area (Å²) >= 11 is 1.60. The van der Waals surface area contributed by atoms with E-state index in [1.165, 1.54) is 10.1 Å². The molecule has 0 radical (unpaired) electrons. The highest BCUT2D eigenvalue weighted by Gasteiger charge is 2.15. The van der Waals surface area contributed by atoms with E-state index < -0.39 is 0 Å². The topological polar surface area (TPSA) is 17.1 Å². The van der Waals surface area contributed by atoms with Crippen LogP contribution >= 0.6 is 11.3 Å². The van der Waals surface area contributed by atoms with Gasteiger partial charge in [0.05, 0.1) is 4.88 Å². The van der Waals surface area contributed by atoms with E-state index in [0.29, 0.717) is 0 Å². The third-order valence-electron chi connectivity index (χ3n) is 2.73. The van der Waals surface area contributed by atoms with Crippen molar-refractivity contribution < 1.29 is 4.79 Å². The molecule has 0 aliphatic rings. The number of thiophene rings is 1. The Morgan fingerprint density at radius 3 is 2.80 bits per heavy atom. The van der Waals surface area contributed by atoms with Crippen LogP contribution in [-0.4, -0.2) is 5.78 Å². The first-order valence-corrected chi connectivity index (χ1v) is 6.06. The van der Waals surface area contributed by atoms with Crippen LogP contribution in [0.15, 0.2) is 30.3 Å². The summed E-state index contributed by atoms with van der Waals surface area (Å²) < 4.78 is 1.20. The summed E-state index contributed by atoms with van der Waals surface area (Å²) in [7, 11) is 0. The predicted molar refractivity (Wildman–Crippen MR) is 65.6 cm³/mol. The number of hydrogen-bond acceptors (Lipinski definition) is 2. The second kappa shape index (κ2) is 4.15. The van der Waals surface area contributed by atoms with Gasteiger partial charge in [-0.05, 0) is 23.9 Å². The zero-order valence-electron chi connectivity index (χ0n) is 8.99. The fourth-order valence-corrected chi connectivity index (χ4v) is 2.65. The zero-order chi connectivity index (χ0) is 10.8. The summed E-state index contributed by atoms with van der Waals surface area (Å²) in [5, 5.41) is 1.18. The van der Waals surface area contributed by atoms with E-state index in [-0.39, 0.29) is 11.7 Å². The number of fused-ring (bicyclic) bond motifs is 1. The van der Waals surface area contributed by atoms with Gasteiger partial charge in [0.2, 0.25) is 0 Å². The van der Waals surface area contributed by atoms with Crippen molar-refractivity contribution in [2.75, 3.05) is 0 Å². The monoisotopic (exact) mass is 218 g/mol. The highest BCUT2D eigenvalue weighted by atomic mass is 32.1. The molecule has 0 aliphatic heterocycles. The molecular weight excluding hydrogens is 204 g/mol. The van der Waals surface area contributed by atoms with Crippen molar-refractivity contribution in [2.24, 2.45) is 5.92 Å². The molecule has 1 heterocycles. The van der Waals surface area contributed by atoms with Gasteiger partial charge < -0.3 is 0 Å². The highest BCUT2D eigenvalue weighted by Crippen LogP contribution is 2.27. The van der Waals surface area contributed by atoms with Crippen LogP contribution in [0.4, 0.5) is 0 Å². The normalized spacial score (nSPS) is 12.9. The van der Waals surface area contributed by atoms with Crippen LogP contribution in [0.5, 0.6) is 0 Å². The van der Waals surface area contributed by atoms with Gasteiger partial charge in [-0.3, -0.25) is 4.79 Å². The van der Waals surface area contributed by atoms with Crippen LogP contribution in [0, 0.1) is 5.92 Å². The molecule has 2 heteroatoms. The smallest absolute Gasteiger partial charge is 0.175 e. The maximum Gasteiger partial charge on any atom is 0.175 e. The lowest BCUT2D eigenvalue weighted by Gasteiger charge is -2.03. The first-order valence-electron chi connectivity index (χ1n) is 5.25. The number of rotatable bonds is 3. The van der Waals surface area contributed by atoms with Gasteiger partial charge in [0.1, 0.15) is 0 Å². The maximum absolute atomic E-state index is 12.0. The first kappa shape index (κ1) is 10.4. The van der Waals surface area contributed by atoms with E-state index in [1.54, 1.807) is 11.3 Å². The van der Waals surface area contributed by atoms with Crippen LogP contribution in [0.25, 0.3) is 10.1 Å². The van der Waals surface area contributed by atoms with E-state index in [2.05, 4.69) is 19.1 Å². The predicted octanol–water partition coefficient (Wildman–Crippen LogP) is 4.13. The quantitative estimate of drug-likeness (QED) is 0.708. The molecule has 0 bridgehead atoms. The first-order chi connectivity index (χ1) is 7.22. The van der Waals surface area contributed by atoms with Crippen molar-refractivity contribution in [3.05, 3.63) is 35.2 Å². The third kappa shape index (κ3) is 1.95. The minimum atomic E-state index is 0.137. The van der Waals surface area contributed by atoms with E-state index in [9.17, 15) is 4.79 Å². The zero-order valence-corrected chi connectivity index (χ0v) is 9.80. The van der Waals surface area contributed by atoms with Gasteiger partial charge in [-0.2, -0.15) is 0 Å². The molecule has 1 aromatic carbocycles. The van der Waals surface area contributed by atoms with Gasteiger partial charge in [-0.15, -0.1) is 11.3 Å². The lowest BCUT2D eigenvalue weighted by atomic mass is 10.0. The standard InChI is InChI=1S/C13H14OS/c1-3-9(2)13(14)12-8-10-6-4-5-7-11(10)15-12/h4-9H,3H2,1-2H3. The molecule has 0 fully saturated rings. The maximum atomic E-state index is 12.0. The van der Waals surface area contributed by atoms with Gasteiger partial charge in [-0.25, -0.2) is 0 Å². The molecule has 78 valence electrons. The van der Waals surface area contributed by atoms with Crippen LogP contribution in [0.1, 0.15) is 29.9 Å². The Kier molecular flexibility index (Phi) is 2.87. The van der Waals surface area contributed by atoms with Crippen molar-refractivity contribution in [1.82, 2.24) is 0 Å². The van der Waals surface area contributed by atoms with Crippen molar-refractivity contribution in [2.45, 2.75) is 20.3 Å². The second-order valence-electron chi connectivity index (χ2n) is 3.82. The molecule has 1 aromatic heterocycles. The Bertz CT molecular complexity index is 451. The van der Waals surface area contributed by atoms with Crippen LogP contribution in [0.3, 0.4) is 0 Å². The Balaban J connectivity index is 2.41. The number of carbonyl (C=O) groups excluding carboxylic acids is 1. The SMILES string of the molecule is CCC(C)C(=O)c1cc2ccccc2s1. The van der Waals surface area contributed by atoms with E-state index in [1.807, 2.05) is 25.1 Å². The lowest BCUT2D eigenvalue weighted by Crippen LogP contribution is -2.07. The molecule has 0 saturated carbocycles. The molecule has 0 spiro atoms. The molecular formula is C13H14OS. The average Bonchev–Trinajstić information content (AvgIpc) is 2.70. The van der Waals surface area contributed by atoms with Crippen LogP contribution in [0.2, 0.25) is 0 Å². The average molecular weight is 218 g/mol. The second-order valence-corrected chi connectivity index (χ2v) is 4.91. The van der Waals surface area contributed by atoms with Gasteiger partial charge in [0.15, 0.2) is 5.78 Å². The third-order valence-corrected chi connectivity index (χ3v) is 3.86. The highest BCUT2D eigenvalue weighted by molar-refractivity contribution is 7.20. The number of benzene rings is 1. The molecule has 15 heavy (non-hydrogen) atoms. The molecule has 2 aromatic rings. The van der Waals surface area contributed by atoms with Crippen molar-refractivity contribution >= 4 is 27.2 Å². The van der Waals surface area contributed by atoms with E-state index >= 15 is 0 Å². The number of hydrogen-bond donors (Lipinski definition) is 0. The minimum Gasteiger partial charge on any atom is -0.293 e. The Morgan fingerprint density at radius 1 is 1.40 bits per heavy atom. The van der Waals surface area contributed by atoms with Gasteiger partial charge in [0, 0.05) is 10.6 Å². The minimum absolute atomic E-state index is 0.137. The summed E-state index contributed by atoms with van der Waals surface area (Å²) in [6.07, 6.45) is 0.910.